The third-order valence-corrected chi connectivity index (χ3v) is 8.80. The van der Waals surface area contributed by atoms with Gasteiger partial charge in [-0.3, -0.25) is 4.79 Å². The second-order valence-electron chi connectivity index (χ2n) is 13.4. The van der Waals surface area contributed by atoms with Gasteiger partial charge in [0.2, 0.25) is 0 Å². The fraction of sp³-hybridized carbons (Fsp3) is 0.765. The molecule has 1 fully saturated rings. The summed E-state index contributed by atoms with van der Waals surface area (Å²) < 4.78 is 6.36. The number of unbranched alkanes of at least 4 members (excludes halogenated alkanes) is 10. The van der Waals surface area contributed by atoms with Crippen LogP contribution in [0, 0.1) is 10.8 Å². The summed E-state index contributed by atoms with van der Waals surface area (Å²) in [6.45, 7) is 12.1. The fourth-order valence-electron chi connectivity index (χ4n) is 6.87. The van der Waals surface area contributed by atoms with Crippen LogP contribution in [0.1, 0.15) is 142 Å². The maximum atomic E-state index is 11.6. The molecule has 1 amide bonds. The Morgan fingerprint density at radius 1 is 0.925 bits per heavy atom. The molecule has 0 heterocycles. The SMILES string of the molecule is CCCCCCCCc1cccc(OC(=S)NCC2(C)CC(NC(=O)S)CC(C)(C)C2)c1CCCCCCCC. The summed E-state index contributed by atoms with van der Waals surface area (Å²) in [5.41, 5.74) is 2.90. The molecule has 0 aliphatic heterocycles. The van der Waals surface area contributed by atoms with Gasteiger partial charge >= 0.3 is 0 Å². The molecule has 0 aromatic heterocycles. The lowest BCUT2D eigenvalue weighted by Gasteiger charge is -2.46. The van der Waals surface area contributed by atoms with Crippen molar-refractivity contribution >= 4 is 35.3 Å². The maximum absolute atomic E-state index is 11.6. The van der Waals surface area contributed by atoms with E-state index in [1.165, 1.54) is 88.2 Å². The lowest BCUT2D eigenvalue weighted by Crippen LogP contribution is -2.49. The molecule has 40 heavy (non-hydrogen) atoms. The Morgan fingerprint density at radius 3 is 2.15 bits per heavy atom. The summed E-state index contributed by atoms with van der Waals surface area (Å²) in [5, 5.41) is 6.66. The highest BCUT2D eigenvalue weighted by Gasteiger charge is 2.41. The standard InChI is InChI=1S/C34H58N2O2S2/c1-6-8-10-12-14-16-19-27-20-18-22-30(29(27)21-17-15-13-11-9-7-2)38-32(40)35-26-34(5)24-28(36-31(37)39)23-33(3,4)25-34/h18,20,22,28H,6-17,19,21,23-26H2,1-5H3,(H,35,40)(H2,36,37,39). The van der Waals surface area contributed by atoms with Crippen LogP contribution in [0.3, 0.4) is 0 Å². The number of amides is 1. The number of hydrogen-bond donors (Lipinski definition) is 3. The number of aryl methyl sites for hydroxylation is 1. The van der Waals surface area contributed by atoms with E-state index in [2.05, 4.69) is 76.1 Å². The first-order valence-electron chi connectivity index (χ1n) is 16.1. The molecule has 1 saturated carbocycles. The van der Waals surface area contributed by atoms with Crippen LogP contribution in [0.15, 0.2) is 18.2 Å². The molecule has 1 aromatic carbocycles. The second-order valence-corrected chi connectivity index (χ2v) is 14.2. The van der Waals surface area contributed by atoms with Crippen LogP contribution in [0.2, 0.25) is 0 Å². The largest absolute Gasteiger partial charge is 0.432 e. The van der Waals surface area contributed by atoms with Crippen molar-refractivity contribution in [1.29, 1.82) is 0 Å². The van der Waals surface area contributed by atoms with Crippen LogP contribution in [-0.2, 0) is 12.8 Å². The zero-order valence-corrected chi connectivity index (χ0v) is 27.9. The number of hydrogen-bond acceptors (Lipinski definition) is 3. The number of nitrogens with one attached hydrogen (secondary N) is 2. The van der Waals surface area contributed by atoms with Crippen LogP contribution in [0.5, 0.6) is 5.75 Å². The summed E-state index contributed by atoms with van der Waals surface area (Å²) in [6, 6.07) is 6.64. The van der Waals surface area contributed by atoms with Gasteiger partial charge in [-0.15, -0.1) is 0 Å². The molecular formula is C34H58N2O2S2. The van der Waals surface area contributed by atoms with Gasteiger partial charge in [-0.1, -0.05) is 124 Å². The van der Waals surface area contributed by atoms with Crippen molar-refractivity contribution < 1.29 is 9.53 Å². The monoisotopic (exact) mass is 590 g/mol. The van der Waals surface area contributed by atoms with Gasteiger partial charge < -0.3 is 15.4 Å². The average Bonchev–Trinajstić information content (AvgIpc) is 2.86. The molecule has 1 aliphatic rings. The van der Waals surface area contributed by atoms with Gasteiger partial charge in [0.25, 0.3) is 10.4 Å². The van der Waals surface area contributed by atoms with E-state index in [4.69, 9.17) is 17.0 Å². The van der Waals surface area contributed by atoms with Crippen molar-refractivity contribution in [2.75, 3.05) is 6.54 Å². The third kappa shape index (κ3) is 13.6. The number of ether oxygens (including phenoxy) is 1. The van der Waals surface area contributed by atoms with Gasteiger partial charge in [0.05, 0.1) is 0 Å². The van der Waals surface area contributed by atoms with Crippen molar-refractivity contribution in [3.8, 4) is 5.75 Å². The first kappa shape index (κ1) is 34.9. The van der Waals surface area contributed by atoms with E-state index in [0.29, 0.717) is 5.17 Å². The Balaban J connectivity index is 2.03. The van der Waals surface area contributed by atoms with Crippen molar-refractivity contribution in [2.45, 2.75) is 150 Å². The zero-order valence-electron chi connectivity index (χ0n) is 26.2. The number of carbonyl (C=O) groups is 1. The molecule has 2 rings (SSSR count). The molecule has 228 valence electrons. The molecule has 2 atom stereocenters. The third-order valence-electron chi connectivity index (χ3n) is 8.44. The fourth-order valence-corrected chi connectivity index (χ4v) is 7.21. The van der Waals surface area contributed by atoms with E-state index in [0.717, 1.165) is 44.4 Å². The summed E-state index contributed by atoms with van der Waals surface area (Å²) >= 11 is 9.69. The topological polar surface area (TPSA) is 50.4 Å². The lowest BCUT2D eigenvalue weighted by molar-refractivity contribution is 0.0778. The van der Waals surface area contributed by atoms with E-state index in [1.54, 1.807) is 0 Å². The van der Waals surface area contributed by atoms with Crippen molar-refractivity contribution in [3.05, 3.63) is 29.3 Å². The predicted octanol–water partition coefficient (Wildman–Crippen LogP) is 9.97. The second kappa shape index (κ2) is 18.3. The Morgan fingerprint density at radius 2 is 1.52 bits per heavy atom. The number of thiol groups is 1. The molecule has 0 saturated heterocycles. The minimum atomic E-state index is -0.254. The molecule has 6 heteroatoms. The molecule has 2 N–H and O–H groups in total. The van der Waals surface area contributed by atoms with Gasteiger partial charge in [-0.05, 0) is 85.2 Å². The summed E-state index contributed by atoms with van der Waals surface area (Å²) in [5.74, 6) is 0.920. The van der Waals surface area contributed by atoms with Crippen LogP contribution < -0.4 is 15.4 Å². The van der Waals surface area contributed by atoms with E-state index in [1.807, 2.05) is 0 Å². The van der Waals surface area contributed by atoms with Crippen molar-refractivity contribution in [3.63, 3.8) is 0 Å². The van der Waals surface area contributed by atoms with Crippen LogP contribution in [0.4, 0.5) is 4.79 Å². The van der Waals surface area contributed by atoms with E-state index in [9.17, 15) is 4.79 Å². The summed E-state index contributed by atoms with van der Waals surface area (Å²) in [4.78, 5) is 11.6. The number of thiocarbonyl (C=S) groups is 1. The van der Waals surface area contributed by atoms with Crippen LogP contribution >= 0.6 is 24.8 Å². The molecule has 4 nitrogen and oxygen atoms in total. The van der Waals surface area contributed by atoms with Crippen LogP contribution in [0.25, 0.3) is 0 Å². The maximum Gasteiger partial charge on any atom is 0.276 e. The van der Waals surface area contributed by atoms with Gasteiger partial charge in [0.15, 0.2) is 0 Å². The van der Waals surface area contributed by atoms with Gasteiger partial charge in [-0.2, -0.15) is 0 Å². The Bertz CT molecular complexity index is 904. The zero-order chi connectivity index (χ0) is 29.4. The quantitative estimate of drug-likeness (QED) is 0.0904. The molecule has 1 aliphatic carbocycles. The lowest BCUT2D eigenvalue weighted by atomic mass is 9.62. The minimum absolute atomic E-state index is 0.00297. The predicted molar refractivity (Wildman–Crippen MR) is 179 cm³/mol. The Kier molecular flexibility index (Phi) is 16.0. The van der Waals surface area contributed by atoms with Crippen LogP contribution in [-0.4, -0.2) is 23.0 Å². The van der Waals surface area contributed by atoms with Gasteiger partial charge in [0, 0.05) is 12.6 Å². The first-order valence-corrected chi connectivity index (χ1v) is 17.0. The molecule has 0 radical (unpaired) electrons. The van der Waals surface area contributed by atoms with E-state index >= 15 is 0 Å². The van der Waals surface area contributed by atoms with Crippen molar-refractivity contribution in [2.24, 2.45) is 10.8 Å². The molecule has 0 spiro atoms. The van der Waals surface area contributed by atoms with E-state index in [-0.39, 0.29) is 22.1 Å². The highest BCUT2D eigenvalue weighted by atomic mass is 32.1. The summed E-state index contributed by atoms with van der Waals surface area (Å²) in [6.07, 6.45) is 20.7. The molecular weight excluding hydrogens is 533 g/mol. The highest BCUT2D eigenvalue weighted by molar-refractivity contribution is 7.96. The average molecular weight is 591 g/mol. The number of carbonyl (C=O) groups excluding carboxylic acids is 1. The highest BCUT2D eigenvalue weighted by Crippen LogP contribution is 2.45. The first-order chi connectivity index (χ1) is 19.1. The molecule has 1 aromatic rings. The summed E-state index contributed by atoms with van der Waals surface area (Å²) in [7, 11) is 0. The van der Waals surface area contributed by atoms with Gasteiger partial charge in [0.1, 0.15) is 5.75 Å². The number of benzene rings is 1. The van der Waals surface area contributed by atoms with E-state index < -0.39 is 0 Å². The minimum Gasteiger partial charge on any atom is -0.432 e. The Hall–Kier alpha value is -1.27. The normalized spacial score (nSPS) is 20.2. The molecule has 0 bridgehead atoms. The van der Waals surface area contributed by atoms with Crippen molar-refractivity contribution in [1.82, 2.24) is 10.6 Å². The molecule has 2 unspecified atom stereocenters. The number of rotatable bonds is 18. The Labute approximate surface area is 257 Å². The smallest absolute Gasteiger partial charge is 0.276 e. The van der Waals surface area contributed by atoms with Gasteiger partial charge in [-0.25, -0.2) is 0 Å².